The number of hydrogen-bond acceptors (Lipinski definition) is 3. The van der Waals surface area contributed by atoms with Crippen LogP contribution < -0.4 is 14.6 Å². The number of anilines is 1. The Hall–Kier alpha value is -2.62. The quantitative estimate of drug-likeness (QED) is 0.591. The number of nitrogens with zero attached hydrogens (tertiary/aromatic N) is 2. The maximum atomic E-state index is 9.78. The maximum absolute atomic E-state index is 9.78. The molecule has 6 heteroatoms. The number of H-pyrrole nitrogens is 1. The van der Waals surface area contributed by atoms with E-state index in [1.807, 2.05) is 12.1 Å². The zero-order valence-corrected chi connectivity index (χ0v) is 16.1. The predicted molar refractivity (Wildman–Crippen MR) is 105 cm³/mol. The molecule has 27 heavy (non-hydrogen) atoms. The molecule has 0 bridgehead atoms. The lowest BCUT2D eigenvalue weighted by molar-refractivity contribution is -0.906. The summed E-state index contributed by atoms with van der Waals surface area (Å²) in [6.07, 6.45) is 0.885. The van der Waals surface area contributed by atoms with Gasteiger partial charge in [-0.15, -0.1) is 0 Å². The van der Waals surface area contributed by atoms with Crippen molar-refractivity contribution >= 4 is 22.5 Å². The molecule has 3 N–H and O–H groups in total. The number of quaternary nitrogens is 1. The molecule has 0 amide bonds. The van der Waals surface area contributed by atoms with Gasteiger partial charge in [0.05, 0.1) is 13.2 Å². The molecule has 3 heterocycles. The Morgan fingerprint density at radius 3 is 2.81 bits per heavy atom. The van der Waals surface area contributed by atoms with Gasteiger partial charge in [0, 0.05) is 5.56 Å². The summed E-state index contributed by atoms with van der Waals surface area (Å²) in [5.74, 6) is 1.11. The number of imidazole rings is 1. The molecule has 0 saturated carbocycles. The second kappa shape index (κ2) is 7.55. The molecule has 3 aromatic rings. The molecule has 0 atom stereocenters. The third-order valence-electron chi connectivity index (χ3n) is 5.63. The van der Waals surface area contributed by atoms with Crippen LogP contribution in [0.2, 0.25) is 0 Å². The highest BCUT2D eigenvalue weighted by molar-refractivity contribution is 5.78. The number of rotatable bonds is 5. The average molecular weight is 365 g/mol. The van der Waals surface area contributed by atoms with Crippen LogP contribution in [0, 0.1) is 18.3 Å². The third kappa shape index (κ3) is 3.14. The molecule has 1 aromatic carbocycles. The first kappa shape index (κ1) is 17.8. The minimum atomic E-state index is 0.729. The topological polar surface area (TPSA) is 69.4 Å². The zero-order valence-electron chi connectivity index (χ0n) is 16.1. The number of benzene rings is 1. The number of nitrogens with one attached hydrogen (secondary N) is 3. The standard InChI is InChI=1S/C21H25N5O/c1-3-16-15(2)17(14-22)21-24-18-6-4-5-7-19(18)26(21)20(16)23-8-9-25-10-12-27-13-11-25/h4-7H,3,8-13H2,1-2H3,(H,23,24)/p+2. The van der Waals surface area contributed by atoms with Crippen molar-refractivity contribution in [2.45, 2.75) is 20.3 Å². The van der Waals surface area contributed by atoms with Gasteiger partial charge in [-0.3, -0.25) is 10.3 Å². The van der Waals surface area contributed by atoms with E-state index in [9.17, 15) is 5.26 Å². The van der Waals surface area contributed by atoms with Crippen molar-refractivity contribution in [3.05, 3.63) is 41.0 Å². The minimum absolute atomic E-state index is 0.729. The zero-order chi connectivity index (χ0) is 18.8. The molecule has 1 fully saturated rings. The van der Waals surface area contributed by atoms with Crippen molar-refractivity contribution in [2.75, 3.05) is 44.7 Å². The second-order valence-corrected chi connectivity index (χ2v) is 7.16. The Bertz CT molecular complexity index is 1010. The van der Waals surface area contributed by atoms with Crippen LogP contribution in [0.5, 0.6) is 0 Å². The summed E-state index contributed by atoms with van der Waals surface area (Å²) in [5.41, 5.74) is 6.02. The van der Waals surface area contributed by atoms with E-state index in [4.69, 9.17) is 4.74 Å². The molecular weight excluding hydrogens is 338 g/mol. The molecule has 0 radical (unpaired) electrons. The van der Waals surface area contributed by atoms with E-state index in [0.717, 1.165) is 79.4 Å². The van der Waals surface area contributed by atoms with E-state index in [1.54, 1.807) is 4.90 Å². The molecule has 6 nitrogen and oxygen atoms in total. The Labute approximate surface area is 159 Å². The van der Waals surface area contributed by atoms with Crippen LogP contribution in [-0.4, -0.2) is 44.4 Å². The molecular formula is C21H27N5O+2. The van der Waals surface area contributed by atoms with Gasteiger partial charge >= 0.3 is 0 Å². The molecule has 140 valence electrons. The van der Waals surface area contributed by atoms with Gasteiger partial charge in [0.1, 0.15) is 48.8 Å². The van der Waals surface area contributed by atoms with Gasteiger partial charge in [0.2, 0.25) is 11.5 Å². The van der Waals surface area contributed by atoms with Crippen molar-refractivity contribution in [3.8, 4) is 6.07 Å². The second-order valence-electron chi connectivity index (χ2n) is 7.16. The van der Waals surface area contributed by atoms with Crippen LogP contribution in [0.1, 0.15) is 23.6 Å². The number of morpholine rings is 1. The first-order chi connectivity index (χ1) is 13.2. The summed E-state index contributed by atoms with van der Waals surface area (Å²) in [6, 6.07) is 10.6. The number of aromatic amines is 1. The van der Waals surface area contributed by atoms with Crippen molar-refractivity contribution in [3.63, 3.8) is 0 Å². The minimum Gasteiger partial charge on any atom is -0.370 e. The number of fused-ring (bicyclic) bond motifs is 3. The summed E-state index contributed by atoms with van der Waals surface area (Å²) >= 11 is 0. The molecule has 0 spiro atoms. The molecule has 2 aromatic heterocycles. The SMILES string of the molecule is CCc1c(C)c(C#N)c2[nH]c3ccccc3[n+]2c1NCC[NH+]1CCOCC1. The van der Waals surface area contributed by atoms with Gasteiger partial charge in [-0.1, -0.05) is 19.1 Å². The maximum Gasteiger partial charge on any atom is 0.250 e. The average Bonchev–Trinajstić information content (AvgIpc) is 3.08. The molecule has 1 saturated heterocycles. The number of ether oxygens (including phenoxy) is 1. The highest BCUT2D eigenvalue weighted by Gasteiger charge is 2.25. The van der Waals surface area contributed by atoms with Crippen LogP contribution in [0.25, 0.3) is 16.7 Å². The van der Waals surface area contributed by atoms with E-state index in [0.29, 0.717) is 0 Å². The summed E-state index contributed by atoms with van der Waals surface area (Å²) in [6.45, 7) is 10.0. The van der Waals surface area contributed by atoms with E-state index < -0.39 is 0 Å². The highest BCUT2D eigenvalue weighted by atomic mass is 16.5. The first-order valence-electron chi connectivity index (χ1n) is 9.77. The molecule has 0 unspecified atom stereocenters. The van der Waals surface area contributed by atoms with Crippen LogP contribution in [-0.2, 0) is 11.2 Å². The van der Waals surface area contributed by atoms with Gasteiger partial charge in [-0.05, 0) is 31.0 Å². The molecule has 1 aliphatic heterocycles. The van der Waals surface area contributed by atoms with Crippen molar-refractivity contribution in [2.24, 2.45) is 0 Å². The molecule has 4 rings (SSSR count). The molecule has 0 aliphatic carbocycles. The van der Waals surface area contributed by atoms with Crippen LogP contribution in [0.4, 0.5) is 5.82 Å². The van der Waals surface area contributed by atoms with E-state index in [2.05, 4.69) is 46.8 Å². The van der Waals surface area contributed by atoms with Gasteiger partial charge in [0.25, 0.3) is 0 Å². The fraction of sp³-hybridized carbons (Fsp3) is 0.429. The Balaban J connectivity index is 1.78. The lowest BCUT2D eigenvalue weighted by atomic mass is 10.0. The number of nitriles is 1. The van der Waals surface area contributed by atoms with E-state index in [1.165, 1.54) is 5.56 Å². The Morgan fingerprint density at radius 1 is 1.30 bits per heavy atom. The van der Waals surface area contributed by atoms with Crippen LogP contribution >= 0.6 is 0 Å². The fourth-order valence-corrected chi connectivity index (χ4v) is 4.15. The van der Waals surface area contributed by atoms with Gasteiger partial charge in [0.15, 0.2) is 0 Å². The monoisotopic (exact) mass is 365 g/mol. The number of hydrogen-bond donors (Lipinski definition) is 3. The normalized spacial score (nSPS) is 15.3. The summed E-state index contributed by atoms with van der Waals surface area (Å²) < 4.78 is 7.65. The Kier molecular flexibility index (Phi) is 4.97. The first-order valence-corrected chi connectivity index (χ1v) is 9.77. The summed E-state index contributed by atoms with van der Waals surface area (Å²) in [4.78, 5) is 5.03. The summed E-state index contributed by atoms with van der Waals surface area (Å²) in [5, 5.41) is 13.5. The largest absolute Gasteiger partial charge is 0.370 e. The molecule has 1 aliphatic rings. The van der Waals surface area contributed by atoms with Crippen LogP contribution in [0.3, 0.4) is 0 Å². The number of para-hydroxylation sites is 2. The fourth-order valence-electron chi connectivity index (χ4n) is 4.15. The number of aromatic nitrogens is 2. The van der Waals surface area contributed by atoms with Crippen molar-refractivity contribution < 1.29 is 14.0 Å². The van der Waals surface area contributed by atoms with Crippen molar-refractivity contribution in [1.82, 2.24) is 4.98 Å². The Morgan fingerprint density at radius 2 is 2.07 bits per heavy atom. The van der Waals surface area contributed by atoms with E-state index >= 15 is 0 Å². The summed E-state index contributed by atoms with van der Waals surface area (Å²) in [7, 11) is 0. The smallest absolute Gasteiger partial charge is 0.250 e. The highest BCUT2D eigenvalue weighted by Crippen LogP contribution is 2.25. The van der Waals surface area contributed by atoms with Gasteiger partial charge < -0.3 is 9.64 Å². The van der Waals surface area contributed by atoms with Gasteiger partial charge in [-0.25, -0.2) is 0 Å². The third-order valence-corrected chi connectivity index (χ3v) is 5.63. The number of pyridine rings is 1. The van der Waals surface area contributed by atoms with Crippen molar-refractivity contribution in [1.29, 1.82) is 5.26 Å². The lowest BCUT2D eigenvalue weighted by Crippen LogP contribution is -3.14. The lowest BCUT2D eigenvalue weighted by Gasteiger charge is -2.23. The van der Waals surface area contributed by atoms with Gasteiger partial charge in [-0.2, -0.15) is 9.66 Å². The predicted octanol–water partition coefficient (Wildman–Crippen LogP) is 0.976. The van der Waals surface area contributed by atoms with E-state index in [-0.39, 0.29) is 0 Å². The van der Waals surface area contributed by atoms with Crippen LogP contribution in [0.15, 0.2) is 24.3 Å².